The van der Waals surface area contributed by atoms with Crippen LogP contribution in [0.2, 0.25) is 0 Å². The van der Waals surface area contributed by atoms with Crippen molar-refractivity contribution in [1.29, 1.82) is 0 Å². The number of azide groups is 1. The Kier molecular flexibility index (Phi) is 3.58. The van der Waals surface area contributed by atoms with Crippen LogP contribution in [-0.2, 0) is 4.79 Å². The molecule has 1 rings (SSSR count). The summed E-state index contributed by atoms with van der Waals surface area (Å²) in [6.45, 7) is 0. The largest absolute Gasteiger partial charge is 0.478 e. The maximum absolute atomic E-state index is 13.1. The van der Waals surface area contributed by atoms with E-state index in [1.165, 1.54) is 0 Å². The van der Waals surface area contributed by atoms with E-state index in [4.69, 9.17) is 10.6 Å². The van der Waals surface area contributed by atoms with E-state index in [2.05, 4.69) is 10.0 Å². The van der Waals surface area contributed by atoms with E-state index >= 15 is 0 Å². The Morgan fingerprint density at radius 1 is 1.44 bits per heavy atom. The first-order valence-electron chi connectivity index (χ1n) is 3.99. The number of nitrogens with zero attached hydrogens (tertiary/aromatic N) is 3. The standard InChI is InChI=1S/C9H5F2N3O2/c10-6-3-5(1-2-8(15)16)4-7(11)9(6)13-14-12/h1-4H,(H,15,16)/b2-1+. The van der Waals surface area contributed by atoms with Crippen molar-refractivity contribution in [2.45, 2.75) is 0 Å². The minimum atomic E-state index is -1.24. The Balaban J connectivity index is 3.19. The van der Waals surface area contributed by atoms with Crippen LogP contribution in [0.25, 0.3) is 16.5 Å². The Morgan fingerprint density at radius 2 is 2.00 bits per heavy atom. The van der Waals surface area contributed by atoms with Gasteiger partial charge in [0.2, 0.25) is 0 Å². The molecule has 0 heterocycles. The Morgan fingerprint density at radius 3 is 2.44 bits per heavy atom. The average molecular weight is 225 g/mol. The Hall–Kier alpha value is -2.40. The van der Waals surface area contributed by atoms with Gasteiger partial charge in [0.1, 0.15) is 17.3 Å². The fraction of sp³-hybridized carbons (Fsp3) is 0. The third kappa shape index (κ3) is 2.79. The summed E-state index contributed by atoms with van der Waals surface area (Å²) in [5.41, 5.74) is 7.33. The van der Waals surface area contributed by atoms with Crippen molar-refractivity contribution in [3.8, 4) is 0 Å². The number of carbonyl (C=O) groups is 1. The summed E-state index contributed by atoms with van der Waals surface area (Å²) in [5.74, 6) is -3.34. The van der Waals surface area contributed by atoms with Crippen molar-refractivity contribution >= 4 is 17.7 Å². The van der Waals surface area contributed by atoms with Gasteiger partial charge in [0.25, 0.3) is 0 Å². The minimum absolute atomic E-state index is 0.0225. The number of aliphatic carboxylic acids is 1. The Labute approximate surface area is 88.3 Å². The van der Waals surface area contributed by atoms with E-state index in [1.54, 1.807) is 0 Å². The SMILES string of the molecule is [N-]=[N+]=Nc1c(F)cc(/C=C/C(=O)O)cc1F. The lowest BCUT2D eigenvalue weighted by Gasteiger charge is -1.99. The second-order valence-electron chi connectivity index (χ2n) is 2.69. The molecule has 0 aliphatic rings. The van der Waals surface area contributed by atoms with E-state index in [0.29, 0.717) is 0 Å². The molecular weight excluding hydrogens is 220 g/mol. The first-order valence-corrected chi connectivity index (χ1v) is 3.99. The van der Waals surface area contributed by atoms with Gasteiger partial charge in [-0.15, -0.1) is 0 Å². The zero-order valence-electron chi connectivity index (χ0n) is 7.76. The minimum Gasteiger partial charge on any atom is -0.478 e. The first-order chi connectivity index (χ1) is 7.54. The molecule has 0 saturated carbocycles. The number of rotatable bonds is 3. The molecule has 0 aliphatic heterocycles. The molecule has 0 atom stereocenters. The van der Waals surface area contributed by atoms with Crippen LogP contribution in [-0.4, -0.2) is 11.1 Å². The second kappa shape index (κ2) is 4.90. The van der Waals surface area contributed by atoms with Crippen LogP contribution < -0.4 is 0 Å². The molecular formula is C9H5F2N3O2. The Bertz CT molecular complexity index is 484. The molecule has 5 nitrogen and oxygen atoms in total. The van der Waals surface area contributed by atoms with Gasteiger partial charge in [0.05, 0.1) is 0 Å². The fourth-order valence-electron chi connectivity index (χ4n) is 0.989. The van der Waals surface area contributed by atoms with E-state index < -0.39 is 23.3 Å². The number of carboxylic acids is 1. The predicted molar refractivity (Wildman–Crippen MR) is 51.8 cm³/mol. The smallest absolute Gasteiger partial charge is 0.328 e. The molecule has 0 aliphatic carbocycles. The highest BCUT2D eigenvalue weighted by atomic mass is 19.1. The summed E-state index contributed by atoms with van der Waals surface area (Å²) in [4.78, 5) is 12.4. The molecule has 0 spiro atoms. The van der Waals surface area contributed by atoms with Gasteiger partial charge >= 0.3 is 5.97 Å². The summed E-state index contributed by atoms with van der Waals surface area (Å²) < 4.78 is 26.3. The second-order valence-corrected chi connectivity index (χ2v) is 2.69. The molecule has 0 radical (unpaired) electrons. The van der Waals surface area contributed by atoms with E-state index in [1.807, 2.05) is 0 Å². The third-order valence-corrected chi connectivity index (χ3v) is 1.60. The molecule has 16 heavy (non-hydrogen) atoms. The summed E-state index contributed by atoms with van der Waals surface area (Å²) in [5, 5.41) is 11.1. The van der Waals surface area contributed by atoms with E-state index in [9.17, 15) is 13.6 Å². The van der Waals surface area contributed by atoms with Crippen LogP contribution >= 0.6 is 0 Å². The third-order valence-electron chi connectivity index (χ3n) is 1.60. The van der Waals surface area contributed by atoms with E-state index in [0.717, 1.165) is 24.3 Å². The average Bonchev–Trinajstić information content (AvgIpc) is 2.20. The molecule has 0 bridgehead atoms. The zero-order chi connectivity index (χ0) is 12.1. The van der Waals surface area contributed by atoms with Gasteiger partial charge < -0.3 is 5.11 Å². The lowest BCUT2D eigenvalue weighted by atomic mass is 10.1. The van der Waals surface area contributed by atoms with Crippen LogP contribution in [0.3, 0.4) is 0 Å². The van der Waals surface area contributed by atoms with Gasteiger partial charge in [-0.3, -0.25) is 0 Å². The summed E-state index contributed by atoms with van der Waals surface area (Å²) >= 11 is 0. The van der Waals surface area contributed by atoms with Crippen molar-refractivity contribution < 1.29 is 18.7 Å². The van der Waals surface area contributed by atoms with Crippen molar-refractivity contribution in [2.24, 2.45) is 5.11 Å². The van der Waals surface area contributed by atoms with Crippen LogP contribution in [0, 0.1) is 11.6 Å². The highest BCUT2D eigenvalue weighted by Gasteiger charge is 2.08. The molecule has 1 N–H and O–H groups in total. The van der Waals surface area contributed by atoms with E-state index in [-0.39, 0.29) is 5.56 Å². The molecule has 1 aromatic carbocycles. The van der Waals surface area contributed by atoms with Gasteiger partial charge in [0, 0.05) is 11.0 Å². The maximum Gasteiger partial charge on any atom is 0.328 e. The summed E-state index contributed by atoms with van der Waals surface area (Å²) in [7, 11) is 0. The van der Waals surface area contributed by atoms with Crippen LogP contribution in [0.5, 0.6) is 0 Å². The highest BCUT2D eigenvalue weighted by Crippen LogP contribution is 2.24. The maximum atomic E-state index is 13.1. The van der Waals surface area contributed by atoms with Crippen LogP contribution in [0.4, 0.5) is 14.5 Å². The van der Waals surface area contributed by atoms with Crippen molar-refractivity contribution in [1.82, 2.24) is 0 Å². The van der Waals surface area contributed by atoms with Gasteiger partial charge in [-0.25, -0.2) is 13.6 Å². The molecule has 7 heteroatoms. The van der Waals surface area contributed by atoms with Gasteiger partial charge in [0.15, 0.2) is 0 Å². The molecule has 0 unspecified atom stereocenters. The molecule has 82 valence electrons. The predicted octanol–water partition coefficient (Wildman–Crippen LogP) is 3.00. The van der Waals surface area contributed by atoms with Crippen molar-refractivity contribution in [2.75, 3.05) is 0 Å². The van der Waals surface area contributed by atoms with Gasteiger partial charge in [-0.05, 0) is 29.3 Å². The van der Waals surface area contributed by atoms with Gasteiger partial charge in [-0.2, -0.15) is 0 Å². The number of hydrogen-bond acceptors (Lipinski definition) is 2. The van der Waals surface area contributed by atoms with Crippen LogP contribution in [0.1, 0.15) is 5.56 Å². The zero-order valence-corrected chi connectivity index (χ0v) is 7.76. The topological polar surface area (TPSA) is 86.1 Å². The van der Waals surface area contributed by atoms with Crippen LogP contribution in [0.15, 0.2) is 23.3 Å². The van der Waals surface area contributed by atoms with Crippen molar-refractivity contribution in [3.05, 3.63) is 45.8 Å². The molecule has 1 aromatic rings. The summed E-state index contributed by atoms with van der Waals surface area (Å²) in [6.07, 6.45) is 1.76. The quantitative estimate of drug-likeness (QED) is 0.371. The highest BCUT2D eigenvalue weighted by molar-refractivity contribution is 5.85. The normalized spacial score (nSPS) is 10.1. The summed E-state index contributed by atoms with van der Waals surface area (Å²) in [6, 6.07) is 1.74. The molecule has 0 amide bonds. The van der Waals surface area contributed by atoms with Crippen molar-refractivity contribution in [3.63, 3.8) is 0 Å². The molecule has 0 saturated heterocycles. The first kappa shape index (κ1) is 11.7. The fourth-order valence-corrected chi connectivity index (χ4v) is 0.989. The lowest BCUT2D eigenvalue weighted by Crippen LogP contribution is -1.88. The van der Waals surface area contributed by atoms with Gasteiger partial charge in [-0.1, -0.05) is 5.11 Å². The number of hydrogen-bond donors (Lipinski definition) is 1. The monoisotopic (exact) mass is 225 g/mol. The number of carboxylic acid groups (broad SMARTS) is 1. The number of benzene rings is 1. The molecule has 0 fully saturated rings. The lowest BCUT2D eigenvalue weighted by molar-refractivity contribution is -0.131. The molecule has 0 aromatic heterocycles. The number of halogens is 2.